The molecule has 0 saturated carbocycles. The first kappa shape index (κ1) is 11.3. The number of rotatable bonds is 4. The van der Waals surface area contributed by atoms with Gasteiger partial charge in [-0.15, -0.1) is 0 Å². The summed E-state index contributed by atoms with van der Waals surface area (Å²) in [4.78, 5) is 2.30. The van der Waals surface area contributed by atoms with E-state index in [2.05, 4.69) is 24.5 Å². The van der Waals surface area contributed by atoms with Crippen LogP contribution in [0.3, 0.4) is 0 Å². The molecule has 3 nitrogen and oxygen atoms in total. The van der Waals surface area contributed by atoms with Crippen LogP contribution in [0.4, 0.5) is 0 Å². The van der Waals surface area contributed by atoms with Crippen LogP contribution in [0.2, 0.25) is 0 Å². The largest absolute Gasteiger partial charge is 0.391 e. The molecule has 0 aromatic heterocycles. The molecule has 0 unspecified atom stereocenters. The molecular formula is C9H19NO2S. The zero-order valence-electron chi connectivity index (χ0n) is 8.15. The third-order valence-corrected chi connectivity index (χ3v) is 2.90. The van der Waals surface area contributed by atoms with Crippen molar-refractivity contribution in [2.75, 3.05) is 32.1 Å². The Morgan fingerprint density at radius 3 is 3.08 bits per heavy atom. The van der Waals surface area contributed by atoms with Gasteiger partial charge in [-0.05, 0) is 6.42 Å². The Hall–Kier alpha value is 0.230. The quantitative estimate of drug-likeness (QED) is 0.651. The van der Waals surface area contributed by atoms with E-state index >= 15 is 0 Å². The van der Waals surface area contributed by atoms with E-state index in [-0.39, 0.29) is 6.10 Å². The molecule has 78 valence electrons. The first-order valence-electron chi connectivity index (χ1n) is 4.88. The van der Waals surface area contributed by atoms with Crippen molar-refractivity contribution in [3.05, 3.63) is 0 Å². The van der Waals surface area contributed by atoms with Crippen molar-refractivity contribution in [2.45, 2.75) is 25.5 Å². The van der Waals surface area contributed by atoms with Crippen molar-refractivity contribution in [1.29, 1.82) is 0 Å². The Morgan fingerprint density at radius 2 is 2.46 bits per heavy atom. The fourth-order valence-corrected chi connectivity index (χ4v) is 1.75. The van der Waals surface area contributed by atoms with Crippen molar-refractivity contribution in [3.63, 3.8) is 0 Å². The van der Waals surface area contributed by atoms with Gasteiger partial charge in [-0.2, -0.15) is 12.6 Å². The molecule has 0 bridgehead atoms. The lowest BCUT2D eigenvalue weighted by Crippen LogP contribution is -2.48. The van der Waals surface area contributed by atoms with Crippen molar-refractivity contribution in [2.24, 2.45) is 0 Å². The van der Waals surface area contributed by atoms with Crippen LogP contribution in [-0.2, 0) is 4.74 Å². The standard InChI is InChI=1S/C9H19NO2S/c1-2-8-6-12-4-3-10(8)5-9(11)7-13/h8-9,11,13H,2-7H2,1H3/t8-,9+/m0/s1. The van der Waals surface area contributed by atoms with Gasteiger partial charge in [0, 0.05) is 24.9 Å². The van der Waals surface area contributed by atoms with Crippen LogP contribution >= 0.6 is 12.6 Å². The van der Waals surface area contributed by atoms with Gasteiger partial charge >= 0.3 is 0 Å². The van der Waals surface area contributed by atoms with Gasteiger partial charge in [-0.3, -0.25) is 4.90 Å². The molecule has 13 heavy (non-hydrogen) atoms. The maximum Gasteiger partial charge on any atom is 0.0754 e. The Labute approximate surface area is 85.5 Å². The van der Waals surface area contributed by atoms with Crippen LogP contribution in [-0.4, -0.2) is 54.2 Å². The molecule has 1 heterocycles. The number of hydrogen-bond acceptors (Lipinski definition) is 4. The van der Waals surface area contributed by atoms with Gasteiger partial charge in [-0.25, -0.2) is 0 Å². The highest BCUT2D eigenvalue weighted by molar-refractivity contribution is 7.80. The summed E-state index contributed by atoms with van der Waals surface area (Å²) in [7, 11) is 0. The van der Waals surface area contributed by atoms with Crippen molar-refractivity contribution in [3.8, 4) is 0 Å². The summed E-state index contributed by atoms with van der Waals surface area (Å²) in [5.41, 5.74) is 0. The highest BCUT2D eigenvalue weighted by atomic mass is 32.1. The molecule has 2 atom stereocenters. The normalized spacial score (nSPS) is 27.5. The van der Waals surface area contributed by atoms with E-state index in [4.69, 9.17) is 4.74 Å². The van der Waals surface area contributed by atoms with Gasteiger partial charge in [0.2, 0.25) is 0 Å². The first-order chi connectivity index (χ1) is 6.27. The first-order valence-corrected chi connectivity index (χ1v) is 5.51. The van der Waals surface area contributed by atoms with E-state index < -0.39 is 0 Å². The fourth-order valence-electron chi connectivity index (χ4n) is 1.63. The number of aliphatic hydroxyl groups excluding tert-OH is 1. The second kappa shape index (κ2) is 5.86. The van der Waals surface area contributed by atoms with Gasteiger partial charge in [0.15, 0.2) is 0 Å². The van der Waals surface area contributed by atoms with Crippen LogP contribution in [0.15, 0.2) is 0 Å². The maximum absolute atomic E-state index is 9.46. The molecule has 1 aliphatic rings. The van der Waals surface area contributed by atoms with Gasteiger partial charge in [0.1, 0.15) is 0 Å². The number of thiol groups is 1. The van der Waals surface area contributed by atoms with Crippen LogP contribution in [0.25, 0.3) is 0 Å². The molecule has 0 aliphatic carbocycles. The highest BCUT2D eigenvalue weighted by Crippen LogP contribution is 2.10. The molecule has 0 aromatic rings. The van der Waals surface area contributed by atoms with Crippen molar-refractivity contribution in [1.82, 2.24) is 4.90 Å². The number of nitrogens with zero attached hydrogens (tertiary/aromatic N) is 1. The summed E-state index contributed by atoms with van der Waals surface area (Å²) in [5.74, 6) is 0.536. The monoisotopic (exact) mass is 205 g/mol. The SMILES string of the molecule is CC[C@H]1COCCN1C[C@@H](O)CS. The molecule has 0 aromatic carbocycles. The lowest BCUT2D eigenvalue weighted by atomic mass is 10.1. The predicted octanol–water partition coefficient (Wildman–Crippen LogP) is 0.388. The Balaban J connectivity index is 2.35. The third-order valence-electron chi connectivity index (χ3n) is 2.48. The van der Waals surface area contributed by atoms with Crippen LogP contribution in [0, 0.1) is 0 Å². The topological polar surface area (TPSA) is 32.7 Å². The summed E-state index contributed by atoms with van der Waals surface area (Å²) >= 11 is 4.07. The summed E-state index contributed by atoms with van der Waals surface area (Å²) in [6.07, 6.45) is 0.773. The van der Waals surface area contributed by atoms with Crippen LogP contribution in [0.1, 0.15) is 13.3 Å². The molecule has 1 N–H and O–H groups in total. The van der Waals surface area contributed by atoms with Crippen LogP contribution < -0.4 is 0 Å². The van der Waals surface area contributed by atoms with E-state index in [0.29, 0.717) is 11.8 Å². The Bertz CT molecular complexity index is 146. The minimum absolute atomic E-state index is 0.310. The molecule has 0 amide bonds. The minimum Gasteiger partial charge on any atom is -0.391 e. The van der Waals surface area contributed by atoms with Gasteiger partial charge in [-0.1, -0.05) is 6.92 Å². The average Bonchev–Trinajstić information content (AvgIpc) is 2.18. The lowest BCUT2D eigenvalue weighted by Gasteiger charge is -2.35. The van der Waals surface area contributed by atoms with Crippen molar-refractivity contribution >= 4 is 12.6 Å². The summed E-state index contributed by atoms with van der Waals surface area (Å²) in [6, 6.07) is 0.475. The molecule has 1 aliphatic heterocycles. The minimum atomic E-state index is -0.310. The molecule has 1 saturated heterocycles. The molecule has 0 spiro atoms. The smallest absolute Gasteiger partial charge is 0.0754 e. The Kier molecular flexibility index (Phi) is 5.09. The second-order valence-electron chi connectivity index (χ2n) is 3.47. The van der Waals surface area contributed by atoms with Crippen molar-refractivity contribution < 1.29 is 9.84 Å². The number of aliphatic hydroxyl groups is 1. The number of ether oxygens (including phenoxy) is 1. The lowest BCUT2D eigenvalue weighted by molar-refractivity contribution is -0.0241. The van der Waals surface area contributed by atoms with E-state index in [1.165, 1.54) is 0 Å². The molecular weight excluding hydrogens is 186 g/mol. The molecule has 1 rings (SSSR count). The number of morpholine rings is 1. The number of β-amino-alcohol motifs (C(OH)–C–C–N with tert-alkyl or cyclic N) is 1. The van der Waals surface area contributed by atoms with E-state index in [0.717, 1.165) is 32.7 Å². The second-order valence-corrected chi connectivity index (χ2v) is 3.83. The third kappa shape index (κ3) is 3.46. The summed E-state index contributed by atoms with van der Waals surface area (Å²) in [5, 5.41) is 9.46. The average molecular weight is 205 g/mol. The van der Waals surface area contributed by atoms with Gasteiger partial charge in [0.25, 0.3) is 0 Å². The molecule has 4 heteroatoms. The Morgan fingerprint density at radius 1 is 1.69 bits per heavy atom. The van der Waals surface area contributed by atoms with Gasteiger partial charge < -0.3 is 9.84 Å². The van der Waals surface area contributed by atoms with E-state index in [9.17, 15) is 5.11 Å². The van der Waals surface area contributed by atoms with Gasteiger partial charge in [0.05, 0.1) is 19.3 Å². The summed E-state index contributed by atoms with van der Waals surface area (Å²) < 4.78 is 5.38. The molecule has 1 fully saturated rings. The summed E-state index contributed by atoms with van der Waals surface area (Å²) in [6.45, 7) is 5.40. The maximum atomic E-state index is 9.46. The predicted molar refractivity (Wildman–Crippen MR) is 56.3 cm³/mol. The molecule has 0 radical (unpaired) electrons. The van der Waals surface area contributed by atoms with E-state index in [1.807, 2.05) is 0 Å². The van der Waals surface area contributed by atoms with Crippen LogP contribution in [0.5, 0.6) is 0 Å². The highest BCUT2D eigenvalue weighted by Gasteiger charge is 2.22. The zero-order chi connectivity index (χ0) is 9.68. The van der Waals surface area contributed by atoms with E-state index in [1.54, 1.807) is 0 Å². The zero-order valence-corrected chi connectivity index (χ0v) is 9.04. The number of hydrogen-bond donors (Lipinski definition) is 2. The fraction of sp³-hybridized carbons (Fsp3) is 1.00.